The van der Waals surface area contributed by atoms with Crippen LogP contribution in [0.15, 0.2) is 0 Å². The molecule has 0 aromatic rings. The fourth-order valence-corrected chi connectivity index (χ4v) is 2.65. The minimum absolute atomic E-state index is 0.212. The zero-order valence-corrected chi connectivity index (χ0v) is 11.0. The molecule has 98 valence electrons. The number of hydrogen-bond acceptors (Lipinski definition) is 2. The van der Waals surface area contributed by atoms with Crippen LogP contribution >= 0.6 is 0 Å². The van der Waals surface area contributed by atoms with Crippen LogP contribution in [0.1, 0.15) is 32.6 Å². The van der Waals surface area contributed by atoms with Crippen LogP contribution in [0.2, 0.25) is 0 Å². The van der Waals surface area contributed by atoms with Gasteiger partial charge in [-0.3, -0.25) is 0 Å². The number of urea groups is 1. The van der Waals surface area contributed by atoms with Crippen molar-refractivity contribution in [3.05, 3.63) is 0 Å². The van der Waals surface area contributed by atoms with E-state index in [1.165, 1.54) is 0 Å². The number of amides is 2. The number of likely N-dealkylation sites (tertiary alicyclic amines) is 1. The second kappa shape index (κ2) is 5.71. The molecule has 2 saturated heterocycles. The molecule has 17 heavy (non-hydrogen) atoms. The van der Waals surface area contributed by atoms with E-state index in [0.717, 1.165) is 57.9 Å². The number of carbonyl (C=O) groups excluding carboxylic acids is 1. The van der Waals surface area contributed by atoms with Gasteiger partial charge in [-0.15, -0.1) is 0 Å². The van der Waals surface area contributed by atoms with E-state index in [0.29, 0.717) is 6.04 Å². The van der Waals surface area contributed by atoms with Crippen molar-refractivity contribution in [1.82, 2.24) is 9.80 Å². The molecule has 0 atom stereocenters. The summed E-state index contributed by atoms with van der Waals surface area (Å²) in [6.07, 6.45) is 4.25. The minimum Gasteiger partial charge on any atom is -0.381 e. The van der Waals surface area contributed by atoms with Crippen LogP contribution in [0.5, 0.6) is 0 Å². The molecule has 0 unspecified atom stereocenters. The van der Waals surface area contributed by atoms with Gasteiger partial charge in [0.25, 0.3) is 0 Å². The van der Waals surface area contributed by atoms with Gasteiger partial charge in [0.1, 0.15) is 0 Å². The van der Waals surface area contributed by atoms with Crippen molar-refractivity contribution in [2.45, 2.75) is 38.6 Å². The molecule has 4 nitrogen and oxygen atoms in total. The first-order valence-electron chi connectivity index (χ1n) is 6.78. The van der Waals surface area contributed by atoms with E-state index in [9.17, 15) is 4.79 Å². The smallest absolute Gasteiger partial charge is 0.319 e. The van der Waals surface area contributed by atoms with E-state index in [4.69, 9.17) is 4.74 Å². The summed E-state index contributed by atoms with van der Waals surface area (Å²) in [5.41, 5.74) is 0. The van der Waals surface area contributed by atoms with Gasteiger partial charge in [-0.2, -0.15) is 0 Å². The Morgan fingerprint density at radius 3 is 2.35 bits per heavy atom. The van der Waals surface area contributed by atoms with Gasteiger partial charge >= 0.3 is 6.03 Å². The molecule has 0 aromatic carbocycles. The number of hydrogen-bond donors (Lipinski definition) is 0. The lowest BCUT2D eigenvalue weighted by Gasteiger charge is -2.37. The molecule has 2 rings (SSSR count). The Hall–Kier alpha value is -0.770. The quantitative estimate of drug-likeness (QED) is 0.702. The maximum Gasteiger partial charge on any atom is 0.319 e. The standard InChI is InChI=1S/C13H24N2O2/c1-11-3-7-15(8-4-11)13(16)14(2)12-5-9-17-10-6-12/h11-12H,3-10H2,1-2H3. The van der Waals surface area contributed by atoms with E-state index in [2.05, 4.69) is 6.92 Å². The van der Waals surface area contributed by atoms with Crippen molar-refractivity contribution in [1.29, 1.82) is 0 Å². The van der Waals surface area contributed by atoms with Crippen molar-refractivity contribution in [3.63, 3.8) is 0 Å². The number of ether oxygens (including phenoxy) is 1. The minimum atomic E-state index is 0.212. The average Bonchev–Trinajstić information content (AvgIpc) is 2.39. The second-order valence-electron chi connectivity index (χ2n) is 5.41. The van der Waals surface area contributed by atoms with Crippen LogP contribution in [0.3, 0.4) is 0 Å². The van der Waals surface area contributed by atoms with Crippen LogP contribution < -0.4 is 0 Å². The summed E-state index contributed by atoms with van der Waals surface area (Å²) in [5, 5.41) is 0. The largest absolute Gasteiger partial charge is 0.381 e. The SMILES string of the molecule is CC1CCN(C(=O)N(C)C2CCOCC2)CC1. The summed E-state index contributed by atoms with van der Waals surface area (Å²) in [6.45, 7) is 5.70. The Balaban J connectivity index is 1.85. The zero-order valence-electron chi connectivity index (χ0n) is 11.0. The Labute approximate surface area is 104 Å². The molecule has 0 saturated carbocycles. The van der Waals surface area contributed by atoms with E-state index < -0.39 is 0 Å². The first kappa shape index (κ1) is 12.7. The molecule has 0 radical (unpaired) electrons. The Morgan fingerprint density at radius 2 is 1.76 bits per heavy atom. The highest BCUT2D eigenvalue weighted by Gasteiger charge is 2.27. The summed E-state index contributed by atoms with van der Waals surface area (Å²) in [6, 6.07) is 0.583. The Kier molecular flexibility index (Phi) is 4.26. The van der Waals surface area contributed by atoms with Gasteiger partial charge in [0.15, 0.2) is 0 Å². The van der Waals surface area contributed by atoms with Crippen LogP contribution in [0.4, 0.5) is 4.79 Å². The normalized spacial score (nSPS) is 23.8. The summed E-state index contributed by atoms with van der Waals surface area (Å²) >= 11 is 0. The highest BCUT2D eigenvalue weighted by Crippen LogP contribution is 2.19. The van der Waals surface area contributed by atoms with Gasteiger partial charge in [-0.05, 0) is 31.6 Å². The molecule has 4 heteroatoms. The molecular formula is C13H24N2O2. The van der Waals surface area contributed by atoms with Crippen molar-refractivity contribution < 1.29 is 9.53 Å². The van der Waals surface area contributed by atoms with E-state index in [1.807, 2.05) is 16.8 Å². The number of nitrogens with zero attached hydrogens (tertiary/aromatic N) is 2. The monoisotopic (exact) mass is 240 g/mol. The summed E-state index contributed by atoms with van der Waals surface area (Å²) in [7, 11) is 1.94. The number of carbonyl (C=O) groups is 1. The van der Waals surface area contributed by atoms with Crippen molar-refractivity contribution in [3.8, 4) is 0 Å². The predicted octanol–water partition coefficient (Wildman–Crippen LogP) is 1.95. The lowest BCUT2D eigenvalue weighted by atomic mass is 9.99. The van der Waals surface area contributed by atoms with Crippen LogP contribution in [-0.2, 0) is 4.74 Å². The highest BCUT2D eigenvalue weighted by atomic mass is 16.5. The summed E-state index contributed by atoms with van der Waals surface area (Å²) in [4.78, 5) is 16.3. The zero-order chi connectivity index (χ0) is 12.3. The van der Waals surface area contributed by atoms with Crippen molar-refractivity contribution in [2.24, 2.45) is 5.92 Å². The van der Waals surface area contributed by atoms with Gasteiger partial charge in [0.05, 0.1) is 0 Å². The summed E-state index contributed by atoms with van der Waals surface area (Å²) < 4.78 is 5.34. The molecular weight excluding hydrogens is 216 g/mol. The molecule has 2 fully saturated rings. The van der Waals surface area contributed by atoms with Crippen LogP contribution in [0, 0.1) is 5.92 Å². The second-order valence-corrected chi connectivity index (χ2v) is 5.41. The van der Waals surface area contributed by atoms with Crippen molar-refractivity contribution >= 4 is 6.03 Å². The van der Waals surface area contributed by atoms with Crippen LogP contribution in [0.25, 0.3) is 0 Å². The van der Waals surface area contributed by atoms with Crippen molar-refractivity contribution in [2.75, 3.05) is 33.4 Å². The lowest BCUT2D eigenvalue weighted by molar-refractivity contribution is 0.0444. The molecule has 2 aliphatic heterocycles. The molecule has 0 aliphatic carbocycles. The van der Waals surface area contributed by atoms with Gasteiger partial charge < -0.3 is 14.5 Å². The molecule has 2 aliphatic rings. The molecule has 0 aromatic heterocycles. The maximum atomic E-state index is 12.3. The van der Waals surface area contributed by atoms with Crippen LogP contribution in [-0.4, -0.2) is 55.2 Å². The first-order chi connectivity index (χ1) is 8.18. The Morgan fingerprint density at radius 1 is 1.18 bits per heavy atom. The topological polar surface area (TPSA) is 32.8 Å². The summed E-state index contributed by atoms with van der Waals surface area (Å²) in [5.74, 6) is 0.771. The molecule has 2 heterocycles. The number of piperidine rings is 1. The molecule has 2 amide bonds. The fourth-order valence-electron chi connectivity index (χ4n) is 2.65. The first-order valence-corrected chi connectivity index (χ1v) is 6.78. The van der Waals surface area contributed by atoms with E-state index >= 15 is 0 Å². The Bertz CT molecular complexity index is 256. The molecule has 0 bridgehead atoms. The predicted molar refractivity (Wildman–Crippen MR) is 67.0 cm³/mol. The van der Waals surface area contributed by atoms with Gasteiger partial charge in [-0.1, -0.05) is 6.92 Å². The average molecular weight is 240 g/mol. The fraction of sp³-hybridized carbons (Fsp3) is 0.923. The van der Waals surface area contributed by atoms with E-state index in [-0.39, 0.29) is 6.03 Å². The van der Waals surface area contributed by atoms with E-state index in [1.54, 1.807) is 0 Å². The van der Waals surface area contributed by atoms with Gasteiger partial charge in [0, 0.05) is 39.4 Å². The highest BCUT2D eigenvalue weighted by molar-refractivity contribution is 5.74. The third-order valence-electron chi connectivity index (χ3n) is 4.09. The third-order valence-corrected chi connectivity index (χ3v) is 4.09. The van der Waals surface area contributed by atoms with Gasteiger partial charge in [0.2, 0.25) is 0 Å². The van der Waals surface area contributed by atoms with Gasteiger partial charge in [-0.25, -0.2) is 4.79 Å². The maximum absolute atomic E-state index is 12.3. The molecule has 0 N–H and O–H groups in total. The number of rotatable bonds is 1. The third kappa shape index (κ3) is 3.12. The lowest BCUT2D eigenvalue weighted by Crippen LogP contribution is -2.49. The molecule has 0 spiro atoms.